The van der Waals surface area contributed by atoms with E-state index in [4.69, 9.17) is 0 Å². The van der Waals surface area contributed by atoms with Gasteiger partial charge < -0.3 is 9.47 Å². The molecule has 272 valence electrons. The van der Waals surface area contributed by atoms with Crippen molar-refractivity contribution in [1.82, 2.24) is 4.57 Å². The Hall–Kier alpha value is -7.68. The highest BCUT2D eigenvalue weighted by molar-refractivity contribution is 6.10. The number of anilines is 3. The second-order valence-corrected chi connectivity index (χ2v) is 15.0. The maximum absolute atomic E-state index is 2.40. The van der Waals surface area contributed by atoms with Crippen LogP contribution in [-0.2, 0) is 0 Å². The zero-order chi connectivity index (χ0) is 38.4. The molecule has 10 aromatic carbocycles. The first-order valence-electron chi connectivity index (χ1n) is 19.9. The van der Waals surface area contributed by atoms with E-state index in [2.05, 4.69) is 240 Å². The number of para-hydroxylation sites is 1. The summed E-state index contributed by atoms with van der Waals surface area (Å²) in [4.78, 5) is 2.37. The summed E-state index contributed by atoms with van der Waals surface area (Å²) in [7, 11) is 0. The Morgan fingerprint density at radius 1 is 0.259 bits per heavy atom. The first-order chi connectivity index (χ1) is 28.7. The third kappa shape index (κ3) is 6.00. The number of hydrogen-bond donors (Lipinski definition) is 0. The van der Waals surface area contributed by atoms with Gasteiger partial charge in [0.1, 0.15) is 0 Å². The Kier molecular flexibility index (Phi) is 8.19. The van der Waals surface area contributed by atoms with Gasteiger partial charge in [0.05, 0.1) is 11.0 Å². The minimum Gasteiger partial charge on any atom is -0.310 e. The summed E-state index contributed by atoms with van der Waals surface area (Å²) in [5, 5.41) is 7.43. The minimum atomic E-state index is 1.10. The molecule has 2 heteroatoms. The van der Waals surface area contributed by atoms with Gasteiger partial charge >= 0.3 is 0 Å². The van der Waals surface area contributed by atoms with Gasteiger partial charge in [0.2, 0.25) is 0 Å². The van der Waals surface area contributed by atoms with Crippen LogP contribution >= 0.6 is 0 Å². The summed E-state index contributed by atoms with van der Waals surface area (Å²) in [5.74, 6) is 0. The van der Waals surface area contributed by atoms with E-state index in [-0.39, 0.29) is 0 Å². The van der Waals surface area contributed by atoms with Gasteiger partial charge in [-0.25, -0.2) is 0 Å². The normalized spacial score (nSPS) is 11.4. The predicted molar refractivity (Wildman–Crippen MR) is 247 cm³/mol. The first kappa shape index (κ1) is 33.6. The molecule has 0 saturated heterocycles. The molecule has 0 aliphatic rings. The SMILES string of the molecule is c1ccc(-c2ccc(-c3cccc(N(c4ccc(-c5ccc6c(c5)c5ccccc5n6-c5ccc6ccccc6c5)cc4)c4ccc5ccccc5c4)c3)cc2)cc1. The molecule has 0 aliphatic heterocycles. The van der Waals surface area contributed by atoms with Crippen LogP contribution in [0.4, 0.5) is 17.1 Å². The molecule has 0 radical (unpaired) electrons. The topological polar surface area (TPSA) is 8.17 Å². The minimum absolute atomic E-state index is 1.10. The fourth-order valence-corrected chi connectivity index (χ4v) is 8.62. The molecule has 0 atom stereocenters. The molecule has 0 fully saturated rings. The lowest BCUT2D eigenvalue weighted by molar-refractivity contribution is 1.19. The van der Waals surface area contributed by atoms with Gasteiger partial charge in [-0.05, 0) is 122 Å². The summed E-state index contributed by atoms with van der Waals surface area (Å²) in [6.07, 6.45) is 0. The van der Waals surface area contributed by atoms with Crippen LogP contribution < -0.4 is 4.90 Å². The number of fused-ring (bicyclic) bond motifs is 5. The molecule has 0 amide bonds. The van der Waals surface area contributed by atoms with Crippen molar-refractivity contribution < 1.29 is 0 Å². The van der Waals surface area contributed by atoms with Crippen LogP contribution in [-0.4, -0.2) is 4.57 Å². The van der Waals surface area contributed by atoms with Gasteiger partial charge in [-0.15, -0.1) is 0 Å². The van der Waals surface area contributed by atoms with Crippen molar-refractivity contribution in [3.63, 3.8) is 0 Å². The molecule has 0 unspecified atom stereocenters. The van der Waals surface area contributed by atoms with Crippen LogP contribution in [0.5, 0.6) is 0 Å². The molecular formula is C56H38N2. The van der Waals surface area contributed by atoms with Crippen LogP contribution in [0.2, 0.25) is 0 Å². The van der Waals surface area contributed by atoms with Crippen LogP contribution in [0, 0.1) is 0 Å². The summed E-state index contributed by atoms with van der Waals surface area (Å²) in [6.45, 7) is 0. The Bertz CT molecular complexity index is 3270. The van der Waals surface area contributed by atoms with E-state index in [0.29, 0.717) is 0 Å². The molecule has 1 aromatic heterocycles. The van der Waals surface area contributed by atoms with E-state index in [0.717, 1.165) is 17.1 Å². The molecule has 58 heavy (non-hydrogen) atoms. The van der Waals surface area contributed by atoms with Crippen molar-refractivity contribution in [3.05, 3.63) is 231 Å². The van der Waals surface area contributed by atoms with Crippen molar-refractivity contribution in [3.8, 4) is 39.1 Å². The summed E-state index contributed by atoms with van der Waals surface area (Å²) < 4.78 is 2.40. The van der Waals surface area contributed by atoms with Crippen LogP contribution in [0.1, 0.15) is 0 Å². The monoisotopic (exact) mass is 738 g/mol. The van der Waals surface area contributed by atoms with Crippen molar-refractivity contribution in [1.29, 1.82) is 0 Å². The Balaban J connectivity index is 0.981. The molecule has 11 aromatic rings. The molecule has 11 rings (SSSR count). The van der Waals surface area contributed by atoms with E-state index in [1.807, 2.05) is 0 Å². The Morgan fingerprint density at radius 3 is 1.52 bits per heavy atom. The molecule has 0 aliphatic carbocycles. The zero-order valence-electron chi connectivity index (χ0n) is 31.8. The van der Waals surface area contributed by atoms with Crippen LogP contribution in [0.25, 0.3) is 82.4 Å². The van der Waals surface area contributed by atoms with E-state index in [9.17, 15) is 0 Å². The van der Waals surface area contributed by atoms with Crippen LogP contribution in [0.15, 0.2) is 231 Å². The van der Waals surface area contributed by atoms with Crippen molar-refractivity contribution >= 4 is 60.4 Å². The maximum Gasteiger partial charge on any atom is 0.0541 e. The lowest BCUT2D eigenvalue weighted by Gasteiger charge is -2.26. The molecule has 0 N–H and O–H groups in total. The van der Waals surface area contributed by atoms with E-state index in [1.165, 1.54) is 82.4 Å². The Labute approximate surface area is 338 Å². The molecule has 2 nitrogen and oxygen atoms in total. The van der Waals surface area contributed by atoms with Gasteiger partial charge in [0, 0.05) is 33.5 Å². The largest absolute Gasteiger partial charge is 0.310 e. The third-order valence-electron chi connectivity index (χ3n) is 11.5. The van der Waals surface area contributed by atoms with Gasteiger partial charge in [0.15, 0.2) is 0 Å². The van der Waals surface area contributed by atoms with E-state index < -0.39 is 0 Å². The number of aromatic nitrogens is 1. The van der Waals surface area contributed by atoms with Crippen molar-refractivity contribution in [2.75, 3.05) is 4.90 Å². The molecule has 0 bridgehead atoms. The average molecular weight is 739 g/mol. The highest BCUT2D eigenvalue weighted by Gasteiger charge is 2.17. The Morgan fingerprint density at radius 2 is 0.759 bits per heavy atom. The number of benzene rings is 10. The van der Waals surface area contributed by atoms with Gasteiger partial charge in [0.25, 0.3) is 0 Å². The average Bonchev–Trinajstić information content (AvgIpc) is 3.63. The lowest BCUT2D eigenvalue weighted by atomic mass is 9.99. The van der Waals surface area contributed by atoms with Crippen molar-refractivity contribution in [2.24, 2.45) is 0 Å². The lowest BCUT2D eigenvalue weighted by Crippen LogP contribution is -2.10. The first-order valence-corrected chi connectivity index (χ1v) is 19.9. The highest BCUT2D eigenvalue weighted by atomic mass is 15.1. The summed E-state index contributed by atoms with van der Waals surface area (Å²) in [6, 6.07) is 83.7. The summed E-state index contributed by atoms with van der Waals surface area (Å²) >= 11 is 0. The van der Waals surface area contributed by atoms with Crippen LogP contribution in [0.3, 0.4) is 0 Å². The van der Waals surface area contributed by atoms with Gasteiger partial charge in [-0.1, -0.05) is 164 Å². The highest BCUT2D eigenvalue weighted by Crippen LogP contribution is 2.40. The third-order valence-corrected chi connectivity index (χ3v) is 11.5. The second-order valence-electron chi connectivity index (χ2n) is 15.0. The predicted octanol–water partition coefficient (Wildman–Crippen LogP) is 15.6. The fraction of sp³-hybridized carbons (Fsp3) is 0. The summed E-state index contributed by atoms with van der Waals surface area (Å²) in [5.41, 5.74) is 14.1. The quantitative estimate of drug-likeness (QED) is 0.158. The number of nitrogens with zero attached hydrogens (tertiary/aromatic N) is 2. The smallest absolute Gasteiger partial charge is 0.0541 e. The second kappa shape index (κ2) is 14.1. The number of rotatable bonds is 7. The fourth-order valence-electron chi connectivity index (χ4n) is 8.62. The number of hydrogen-bond acceptors (Lipinski definition) is 1. The zero-order valence-corrected chi connectivity index (χ0v) is 31.8. The maximum atomic E-state index is 2.40. The van der Waals surface area contributed by atoms with Gasteiger partial charge in [-0.3, -0.25) is 0 Å². The van der Waals surface area contributed by atoms with E-state index >= 15 is 0 Å². The molecule has 0 spiro atoms. The standard InChI is InChI=1S/C56H38N2/c1-2-11-39(12-3-1)42-21-23-43(24-22-42)47-17-10-18-50(35-47)57(51-32-27-40-13-4-6-15-45(40)36-51)49-30-25-44(26-31-49)48-29-34-56-54(38-48)53-19-8-9-20-55(53)58(56)52-33-28-41-14-5-7-16-46(41)37-52/h1-38H. The van der Waals surface area contributed by atoms with Crippen molar-refractivity contribution in [2.45, 2.75) is 0 Å². The molecule has 1 heterocycles. The molecule has 0 saturated carbocycles. The van der Waals surface area contributed by atoms with E-state index in [1.54, 1.807) is 0 Å². The molecular weight excluding hydrogens is 701 g/mol. The van der Waals surface area contributed by atoms with Gasteiger partial charge in [-0.2, -0.15) is 0 Å².